The highest BCUT2D eigenvalue weighted by Crippen LogP contribution is 2.49. The van der Waals surface area contributed by atoms with Crippen LogP contribution in [0.25, 0.3) is 33.4 Å². The Morgan fingerprint density at radius 2 is 1.79 bits per heavy atom. The van der Waals surface area contributed by atoms with Gasteiger partial charge in [-0.3, -0.25) is 19.1 Å². The fourth-order valence-electron chi connectivity index (χ4n) is 9.74. The average molecular weight is 951 g/mol. The highest BCUT2D eigenvalue weighted by Gasteiger charge is 2.52. The van der Waals surface area contributed by atoms with Crippen LogP contribution in [0.15, 0.2) is 58.8 Å². The number of nitrogens with zero attached hydrogens (tertiary/aromatic N) is 7. The second-order valence-electron chi connectivity index (χ2n) is 18.7. The topological polar surface area (TPSA) is 198 Å². The van der Waals surface area contributed by atoms with Gasteiger partial charge < -0.3 is 39.6 Å². The largest absolute Gasteiger partial charge is 0.464 e. The van der Waals surface area contributed by atoms with Crippen LogP contribution in [0.5, 0.6) is 5.75 Å². The van der Waals surface area contributed by atoms with Crippen LogP contribution in [0.4, 0.5) is 18.4 Å². The van der Waals surface area contributed by atoms with Crippen LogP contribution < -0.4 is 15.4 Å². The quantitative estimate of drug-likeness (QED) is 0.110. The number of benzene rings is 2. The molecule has 17 nitrogen and oxygen atoms in total. The van der Waals surface area contributed by atoms with Crippen LogP contribution in [0.3, 0.4) is 0 Å². The van der Waals surface area contributed by atoms with E-state index in [1.165, 1.54) is 27.0 Å². The van der Waals surface area contributed by atoms with Crippen molar-refractivity contribution < 1.29 is 42.2 Å². The van der Waals surface area contributed by atoms with Crippen molar-refractivity contribution in [3.05, 3.63) is 75.9 Å². The van der Waals surface area contributed by atoms with Crippen LogP contribution in [-0.2, 0) is 25.6 Å². The van der Waals surface area contributed by atoms with Crippen molar-refractivity contribution in [3.63, 3.8) is 0 Å². The van der Waals surface area contributed by atoms with Gasteiger partial charge in [0, 0.05) is 41.2 Å². The number of halogens is 2. The molecule has 0 spiro atoms. The van der Waals surface area contributed by atoms with Crippen molar-refractivity contribution in [1.29, 1.82) is 0 Å². The number of carbonyl (C=O) groups excluding carboxylic acids is 4. The SMILES string of the molecule is COC(=O)NCC(=O)N1CCC[C@H]1C1=NCC(c2cc(F)c3c(c2)OC(c2cnc(C4CC4)s2)n2c-3cc3cc(-c4cnc(CN(C(=O)C(NC(=O)OC)C(C)(C)F)C5C(C)[C@H]5C)[nH]4)ccc32)=N1. The number of aromatic amines is 1. The van der Waals surface area contributed by atoms with Gasteiger partial charge in [0.25, 0.3) is 0 Å². The molecule has 6 heterocycles. The number of nitrogens with one attached hydrogen (secondary N) is 3. The molecule has 3 N–H and O–H groups in total. The summed E-state index contributed by atoms with van der Waals surface area (Å²) in [6.07, 6.45) is 4.86. The zero-order valence-corrected chi connectivity index (χ0v) is 39.3. The molecule has 2 aliphatic carbocycles. The number of ether oxygens (including phenoxy) is 3. The summed E-state index contributed by atoms with van der Waals surface area (Å²) in [5.41, 5.74) is 2.18. The van der Waals surface area contributed by atoms with Gasteiger partial charge in [-0.1, -0.05) is 19.9 Å². The van der Waals surface area contributed by atoms with Gasteiger partial charge in [-0.2, -0.15) is 0 Å². The summed E-state index contributed by atoms with van der Waals surface area (Å²) in [7, 11) is 2.40. The second-order valence-corrected chi connectivity index (χ2v) is 19.8. The third-order valence-electron chi connectivity index (χ3n) is 13.8. The van der Waals surface area contributed by atoms with E-state index in [4.69, 9.17) is 24.4 Å². The summed E-state index contributed by atoms with van der Waals surface area (Å²) < 4.78 is 50.5. The minimum absolute atomic E-state index is 0.0555. The van der Waals surface area contributed by atoms with Crippen LogP contribution in [0.2, 0.25) is 0 Å². The number of likely N-dealkylation sites (tertiary alicyclic amines) is 1. The predicted molar refractivity (Wildman–Crippen MR) is 249 cm³/mol. The molecular formula is C48H52F2N10O7S. The molecule has 3 fully saturated rings. The predicted octanol–water partition coefficient (Wildman–Crippen LogP) is 7.11. The summed E-state index contributed by atoms with van der Waals surface area (Å²) in [5, 5.41) is 6.71. The number of amidine groups is 1. The van der Waals surface area contributed by atoms with Crippen molar-refractivity contribution in [1.82, 2.24) is 40.0 Å². The molecule has 3 aliphatic heterocycles. The summed E-state index contributed by atoms with van der Waals surface area (Å²) in [6, 6.07) is 9.08. The average Bonchev–Trinajstić information content (AvgIpc) is 3.79. The van der Waals surface area contributed by atoms with E-state index >= 15 is 8.78 Å². The molecular weight excluding hydrogens is 899 g/mol. The van der Waals surface area contributed by atoms with E-state index in [0.29, 0.717) is 64.5 Å². The number of methoxy groups -OCH3 is 2. The lowest BCUT2D eigenvalue weighted by Crippen LogP contribution is -2.57. The third-order valence-corrected chi connectivity index (χ3v) is 15.0. The van der Waals surface area contributed by atoms with Gasteiger partial charge in [0.15, 0.2) is 0 Å². The first-order valence-corrected chi connectivity index (χ1v) is 23.7. The highest BCUT2D eigenvalue weighted by atomic mass is 32.1. The summed E-state index contributed by atoms with van der Waals surface area (Å²) >= 11 is 1.60. The zero-order chi connectivity index (χ0) is 47.8. The number of aliphatic imine (C=N–C) groups is 2. The lowest BCUT2D eigenvalue weighted by Gasteiger charge is -2.32. The molecule has 3 aromatic heterocycles. The van der Waals surface area contributed by atoms with Crippen molar-refractivity contribution in [2.75, 3.05) is 33.9 Å². The number of fused-ring (bicyclic) bond motifs is 5. The van der Waals surface area contributed by atoms with E-state index in [1.54, 1.807) is 27.3 Å². The van der Waals surface area contributed by atoms with Gasteiger partial charge in [0.1, 0.15) is 41.5 Å². The Labute approximate surface area is 394 Å². The molecule has 5 aliphatic rings. The lowest BCUT2D eigenvalue weighted by atomic mass is 9.99. The molecule has 68 heavy (non-hydrogen) atoms. The van der Waals surface area contributed by atoms with Gasteiger partial charge in [-0.25, -0.2) is 33.3 Å². The van der Waals surface area contributed by atoms with Crippen molar-refractivity contribution in [3.8, 4) is 28.3 Å². The summed E-state index contributed by atoms with van der Waals surface area (Å²) in [4.78, 5) is 77.3. The van der Waals surface area contributed by atoms with Crippen LogP contribution >= 0.6 is 11.3 Å². The molecule has 20 heteroatoms. The fourth-order valence-corrected chi connectivity index (χ4v) is 10.9. The van der Waals surface area contributed by atoms with E-state index in [-0.39, 0.29) is 49.5 Å². The van der Waals surface area contributed by atoms with Crippen molar-refractivity contribution in [2.24, 2.45) is 21.8 Å². The Bertz CT molecular complexity index is 2910. The number of H-pyrrole nitrogens is 1. The minimum atomic E-state index is -2.08. The van der Waals surface area contributed by atoms with Gasteiger partial charge >= 0.3 is 12.2 Å². The molecule has 0 radical (unpaired) electrons. The number of imidazole rings is 1. The normalized spacial score (nSPS) is 22.1. The third kappa shape index (κ3) is 8.36. The number of alkyl carbamates (subject to hydrolysis) is 2. The maximum Gasteiger partial charge on any atom is 0.407 e. The lowest BCUT2D eigenvalue weighted by molar-refractivity contribution is -0.138. The number of thiazole rings is 1. The monoisotopic (exact) mass is 950 g/mol. The van der Waals surface area contributed by atoms with E-state index in [0.717, 1.165) is 52.7 Å². The minimum Gasteiger partial charge on any atom is -0.464 e. The van der Waals surface area contributed by atoms with Gasteiger partial charge in [-0.15, -0.1) is 11.3 Å². The molecule has 6 atom stereocenters. The first kappa shape index (κ1) is 45.1. The highest BCUT2D eigenvalue weighted by molar-refractivity contribution is 7.11. The zero-order valence-electron chi connectivity index (χ0n) is 38.5. The van der Waals surface area contributed by atoms with E-state index in [1.807, 2.05) is 54.9 Å². The molecule has 10 rings (SSSR count). The molecule has 5 aromatic rings. The summed E-state index contributed by atoms with van der Waals surface area (Å²) in [5.74, 6) is 0.717. The molecule has 356 valence electrons. The number of hydrogen-bond acceptors (Lipinski definition) is 12. The van der Waals surface area contributed by atoms with Gasteiger partial charge in [-0.05, 0) is 81.7 Å². The molecule has 1 saturated heterocycles. The van der Waals surface area contributed by atoms with Crippen LogP contribution in [-0.4, -0.2) is 123 Å². The van der Waals surface area contributed by atoms with E-state index in [2.05, 4.69) is 25.3 Å². The molecule has 0 bridgehead atoms. The number of hydrogen-bond donors (Lipinski definition) is 3. The van der Waals surface area contributed by atoms with Crippen LogP contribution in [0.1, 0.15) is 86.8 Å². The Kier molecular flexibility index (Phi) is 11.6. The molecule has 2 saturated carbocycles. The van der Waals surface area contributed by atoms with Crippen molar-refractivity contribution in [2.45, 2.75) is 95.9 Å². The summed E-state index contributed by atoms with van der Waals surface area (Å²) in [6.45, 7) is 7.09. The number of aromatic nitrogens is 4. The van der Waals surface area contributed by atoms with Crippen molar-refractivity contribution >= 4 is 57.8 Å². The first-order valence-electron chi connectivity index (χ1n) is 22.8. The maximum atomic E-state index is 16.8. The van der Waals surface area contributed by atoms with E-state index < -0.39 is 41.8 Å². The number of amides is 4. The van der Waals surface area contributed by atoms with Gasteiger partial charge in [0.05, 0.1) is 77.6 Å². The Morgan fingerprint density at radius 3 is 2.51 bits per heavy atom. The second kappa shape index (κ2) is 17.4. The van der Waals surface area contributed by atoms with Gasteiger partial charge in [0.2, 0.25) is 18.0 Å². The first-order chi connectivity index (χ1) is 32.6. The number of rotatable bonds is 13. The van der Waals surface area contributed by atoms with E-state index in [9.17, 15) is 19.2 Å². The molecule has 4 unspecified atom stereocenters. The maximum absolute atomic E-state index is 16.8. The molecule has 4 amide bonds. The van der Waals surface area contributed by atoms with Crippen LogP contribution in [0, 0.1) is 17.7 Å². The number of carbonyl (C=O) groups is 4. The Balaban J connectivity index is 0.954. The standard InChI is InChI=1S/C48H52F2N10O7S/c1-23-24(2)40(23)59(44(62)41(48(3,4)50)57-47(64)66-6)22-37-51-18-30(55-37)26-11-12-32-28(14-26)16-34-39-29(49)15-27(17-35(39)67-45(60(32)34)36-20-53-43(68-36)25-9-10-25)31-19-52-42(56-31)33-8-7-13-58(33)38(61)21-54-46(63)65-5/h11-12,14-18,20,23-25,33,40-41,45H,7-10,13,19,21-22H2,1-6H3,(H,51,55)(H,54,63)(H,57,64)/t23-,24?,33+,40?,41?,45?/m1/s1. The molecule has 2 aromatic carbocycles. The fraction of sp³-hybridized carbons (Fsp3) is 0.458. The Morgan fingerprint density at radius 1 is 1.01 bits per heavy atom. The Hall–Kier alpha value is -6.70. The smallest absolute Gasteiger partial charge is 0.407 e. The number of alkyl halides is 1.